The highest BCUT2D eigenvalue weighted by Crippen LogP contribution is 2.28. The molecule has 1 aromatic heterocycles. The molecule has 3 rings (SSSR count). The molecular formula is C16H16N4O2. The largest absolute Gasteiger partial charge is 0.360 e. The van der Waals surface area contributed by atoms with Crippen molar-refractivity contribution in [2.45, 2.75) is 5.92 Å². The molecule has 1 aliphatic heterocycles. The summed E-state index contributed by atoms with van der Waals surface area (Å²) in [4.78, 5) is 27.2. The van der Waals surface area contributed by atoms with Crippen molar-refractivity contribution in [2.75, 3.05) is 6.54 Å². The summed E-state index contributed by atoms with van der Waals surface area (Å²) in [6, 6.07) is 13.2. The Bertz CT molecular complexity index is 679. The van der Waals surface area contributed by atoms with Crippen LogP contribution in [0, 0.1) is 5.92 Å². The predicted octanol–water partition coefficient (Wildman–Crippen LogP) is 0.995. The van der Waals surface area contributed by atoms with Gasteiger partial charge in [-0.2, -0.15) is 5.10 Å². The first-order chi connectivity index (χ1) is 10.8. The topological polar surface area (TPSA) is 86.3 Å². The zero-order valence-corrected chi connectivity index (χ0v) is 11.8. The van der Waals surface area contributed by atoms with Gasteiger partial charge in [0.2, 0.25) is 5.91 Å². The average molecular weight is 296 g/mol. The Kier molecular flexibility index (Phi) is 4.00. The van der Waals surface area contributed by atoms with Gasteiger partial charge in [0.15, 0.2) is 0 Å². The first-order valence-corrected chi connectivity index (χ1v) is 7.04. The molecule has 0 radical (unpaired) electrons. The second kappa shape index (κ2) is 6.26. The third kappa shape index (κ3) is 2.90. The van der Waals surface area contributed by atoms with Gasteiger partial charge in [0, 0.05) is 18.7 Å². The van der Waals surface area contributed by atoms with E-state index in [4.69, 9.17) is 0 Å². The van der Waals surface area contributed by atoms with Crippen LogP contribution in [0.4, 0.5) is 0 Å². The highest BCUT2D eigenvalue weighted by molar-refractivity contribution is 6.03. The number of nitrogens with zero attached hydrogens (tertiary/aromatic N) is 1. The van der Waals surface area contributed by atoms with E-state index in [9.17, 15) is 9.59 Å². The molecule has 22 heavy (non-hydrogen) atoms. The lowest BCUT2D eigenvalue weighted by Gasteiger charge is -2.15. The van der Waals surface area contributed by atoms with Gasteiger partial charge >= 0.3 is 0 Å². The minimum atomic E-state index is -0.761. The fourth-order valence-corrected chi connectivity index (χ4v) is 2.59. The molecule has 0 aliphatic carbocycles. The number of carbonyl (C=O) groups excluding carboxylic acids is 2. The van der Waals surface area contributed by atoms with Gasteiger partial charge in [-0.25, -0.2) is 5.43 Å². The molecule has 2 atom stereocenters. The van der Waals surface area contributed by atoms with Crippen LogP contribution in [0.2, 0.25) is 0 Å². The second-order valence-corrected chi connectivity index (χ2v) is 5.10. The molecular weight excluding hydrogens is 280 g/mol. The van der Waals surface area contributed by atoms with Crippen LogP contribution in [0.15, 0.2) is 53.8 Å². The molecule has 2 amide bonds. The standard InChI is InChI=1S/C16H16N4O2/c21-15-14(13(10-18-15)11-5-2-1-3-6-11)16(22)20-19-9-12-7-4-8-17-12/h1-9,13-14,17H,10H2,(H,18,21)(H,20,22)/b19-9-/t13-,14-/m1/s1. The molecule has 0 unspecified atom stereocenters. The zero-order chi connectivity index (χ0) is 15.4. The number of benzene rings is 1. The molecule has 112 valence electrons. The normalized spacial score (nSPS) is 21.0. The van der Waals surface area contributed by atoms with E-state index in [-0.39, 0.29) is 11.8 Å². The number of hydrazone groups is 1. The molecule has 6 heteroatoms. The smallest absolute Gasteiger partial charge is 0.253 e. The van der Waals surface area contributed by atoms with Gasteiger partial charge in [0.05, 0.1) is 11.9 Å². The Morgan fingerprint density at radius 3 is 2.77 bits per heavy atom. The maximum atomic E-state index is 12.3. The third-order valence-corrected chi connectivity index (χ3v) is 3.69. The maximum absolute atomic E-state index is 12.3. The number of aromatic amines is 1. The van der Waals surface area contributed by atoms with Crippen molar-refractivity contribution in [2.24, 2.45) is 11.0 Å². The van der Waals surface area contributed by atoms with Crippen molar-refractivity contribution in [3.05, 3.63) is 59.9 Å². The van der Waals surface area contributed by atoms with Crippen molar-refractivity contribution in [3.63, 3.8) is 0 Å². The zero-order valence-electron chi connectivity index (χ0n) is 11.8. The minimum Gasteiger partial charge on any atom is -0.360 e. The molecule has 1 fully saturated rings. The number of hydrogen-bond donors (Lipinski definition) is 3. The summed E-state index contributed by atoms with van der Waals surface area (Å²) in [6.07, 6.45) is 3.27. The summed E-state index contributed by atoms with van der Waals surface area (Å²) in [5.74, 6) is -1.59. The van der Waals surface area contributed by atoms with Gasteiger partial charge in [-0.1, -0.05) is 30.3 Å². The van der Waals surface area contributed by atoms with Crippen molar-refractivity contribution in [1.29, 1.82) is 0 Å². The van der Waals surface area contributed by atoms with Crippen LogP contribution in [-0.4, -0.2) is 29.6 Å². The first-order valence-electron chi connectivity index (χ1n) is 7.04. The van der Waals surface area contributed by atoms with Crippen LogP contribution in [0.1, 0.15) is 17.2 Å². The number of rotatable bonds is 4. The van der Waals surface area contributed by atoms with E-state index in [1.165, 1.54) is 6.21 Å². The highest BCUT2D eigenvalue weighted by Gasteiger charge is 2.40. The number of H-pyrrole nitrogens is 1. The lowest BCUT2D eigenvalue weighted by atomic mass is 9.88. The Hall–Kier alpha value is -2.89. The highest BCUT2D eigenvalue weighted by atomic mass is 16.2. The monoisotopic (exact) mass is 296 g/mol. The Morgan fingerprint density at radius 2 is 2.05 bits per heavy atom. The van der Waals surface area contributed by atoms with Gasteiger partial charge in [0.1, 0.15) is 5.92 Å². The van der Waals surface area contributed by atoms with Crippen molar-refractivity contribution >= 4 is 18.0 Å². The summed E-state index contributed by atoms with van der Waals surface area (Å²) in [6.45, 7) is 0.460. The molecule has 1 aromatic carbocycles. The summed E-state index contributed by atoms with van der Waals surface area (Å²) in [5, 5.41) is 6.63. The fraction of sp³-hybridized carbons (Fsp3) is 0.188. The number of carbonyl (C=O) groups is 2. The third-order valence-electron chi connectivity index (χ3n) is 3.69. The minimum absolute atomic E-state index is 0.172. The van der Waals surface area contributed by atoms with Gasteiger partial charge in [-0.05, 0) is 17.7 Å². The van der Waals surface area contributed by atoms with Gasteiger partial charge in [-0.3, -0.25) is 9.59 Å². The van der Waals surface area contributed by atoms with Gasteiger partial charge in [0.25, 0.3) is 5.91 Å². The summed E-state index contributed by atoms with van der Waals surface area (Å²) < 4.78 is 0. The maximum Gasteiger partial charge on any atom is 0.253 e. The lowest BCUT2D eigenvalue weighted by Crippen LogP contribution is -2.34. The number of nitrogens with one attached hydrogen (secondary N) is 3. The van der Waals surface area contributed by atoms with E-state index in [2.05, 4.69) is 20.8 Å². The Labute approximate surface area is 127 Å². The molecule has 1 aliphatic rings. The molecule has 2 aromatic rings. The average Bonchev–Trinajstić information content (AvgIpc) is 3.17. The first kappa shape index (κ1) is 14.1. The van der Waals surface area contributed by atoms with Crippen LogP contribution >= 0.6 is 0 Å². The molecule has 3 N–H and O–H groups in total. The van der Waals surface area contributed by atoms with E-state index in [0.29, 0.717) is 6.54 Å². The molecule has 6 nitrogen and oxygen atoms in total. The van der Waals surface area contributed by atoms with Gasteiger partial charge in [-0.15, -0.1) is 0 Å². The molecule has 2 heterocycles. The van der Waals surface area contributed by atoms with Crippen LogP contribution < -0.4 is 10.7 Å². The van der Waals surface area contributed by atoms with E-state index >= 15 is 0 Å². The molecule has 1 saturated heterocycles. The van der Waals surface area contributed by atoms with Crippen LogP contribution in [0.3, 0.4) is 0 Å². The SMILES string of the molecule is O=C1NC[C@H](c2ccccc2)[C@H]1C(=O)N/N=C\c1ccc[nH]1. The summed E-state index contributed by atoms with van der Waals surface area (Å²) >= 11 is 0. The van der Waals surface area contributed by atoms with E-state index in [1.54, 1.807) is 6.20 Å². The fourth-order valence-electron chi connectivity index (χ4n) is 2.59. The Morgan fingerprint density at radius 1 is 1.23 bits per heavy atom. The van der Waals surface area contributed by atoms with Crippen molar-refractivity contribution in [1.82, 2.24) is 15.7 Å². The number of aromatic nitrogens is 1. The summed E-state index contributed by atoms with van der Waals surface area (Å²) in [7, 11) is 0. The predicted molar refractivity (Wildman–Crippen MR) is 82.2 cm³/mol. The van der Waals surface area contributed by atoms with Gasteiger partial charge < -0.3 is 10.3 Å². The van der Waals surface area contributed by atoms with Crippen LogP contribution in [-0.2, 0) is 9.59 Å². The second-order valence-electron chi connectivity index (χ2n) is 5.10. The van der Waals surface area contributed by atoms with Crippen LogP contribution in [0.25, 0.3) is 0 Å². The summed E-state index contributed by atoms with van der Waals surface area (Å²) in [5.41, 5.74) is 4.18. The molecule has 0 spiro atoms. The van der Waals surface area contributed by atoms with E-state index < -0.39 is 11.8 Å². The van der Waals surface area contributed by atoms with Crippen molar-refractivity contribution < 1.29 is 9.59 Å². The molecule has 0 saturated carbocycles. The molecule has 0 bridgehead atoms. The Balaban J connectivity index is 1.70. The van der Waals surface area contributed by atoms with E-state index in [0.717, 1.165) is 11.3 Å². The lowest BCUT2D eigenvalue weighted by molar-refractivity contribution is -0.133. The number of amides is 2. The number of hydrogen-bond acceptors (Lipinski definition) is 3. The quantitative estimate of drug-likeness (QED) is 0.446. The van der Waals surface area contributed by atoms with Crippen LogP contribution in [0.5, 0.6) is 0 Å². The van der Waals surface area contributed by atoms with Crippen molar-refractivity contribution in [3.8, 4) is 0 Å². The van der Waals surface area contributed by atoms with E-state index in [1.807, 2.05) is 42.5 Å².